The topological polar surface area (TPSA) is 118 Å². The molecule has 2 fully saturated rings. The number of hydrogen-bond acceptors (Lipinski definition) is 5. The summed E-state index contributed by atoms with van der Waals surface area (Å²) in [6.07, 6.45) is 2.75. The third kappa shape index (κ3) is 11.5. The predicted molar refractivity (Wildman–Crippen MR) is 200 cm³/mol. The van der Waals surface area contributed by atoms with Gasteiger partial charge in [0.1, 0.15) is 0 Å². The van der Waals surface area contributed by atoms with Crippen molar-refractivity contribution in [3.8, 4) is 0 Å². The molecule has 7 nitrogen and oxygen atoms in total. The molecule has 55 heavy (non-hydrogen) atoms. The van der Waals surface area contributed by atoms with Gasteiger partial charge in [0, 0.05) is 62.0 Å². The van der Waals surface area contributed by atoms with Crippen molar-refractivity contribution in [2.24, 2.45) is 5.73 Å². The number of carboxylic acid groups (broad SMARTS) is 1. The van der Waals surface area contributed by atoms with Gasteiger partial charge in [-0.3, -0.25) is 4.79 Å². The number of aromatic nitrogens is 2. The molecule has 0 saturated heterocycles. The Kier molecular flexibility index (Phi) is 14.9. The number of pyridine rings is 2. The van der Waals surface area contributed by atoms with E-state index >= 15 is 0 Å². The van der Waals surface area contributed by atoms with E-state index in [-0.39, 0.29) is 82.8 Å². The van der Waals surface area contributed by atoms with E-state index in [2.05, 4.69) is 15.3 Å². The van der Waals surface area contributed by atoms with Crippen molar-refractivity contribution in [1.82, 2.24) is 15.3 Å². The zero-order valence-electron chi connectivity index (χ0n) is 29.0. The normalized spacial score (nSPS) is 17.7. The molecule has 6 rings (SSSR count). The maximum atomic E-state index is 13.7. The van der Waals surface area contributed by atoms with Gasteiger partial charge in [-0.25, -0.2) is 32.3 Å². The van der Waals surface area contributed by atoms with Crippen LogP contribution >= 0.6 is 46.4 Å². The number of halogens is 10. The summed E-state index contributed by atoms with van der Waals surface area (Å²) < 4.78 is 79.6. The van der Waals surface area contributed by atoms with Gasteiger partial charge in [-0.2, -0.15) is 8.78 Å². The molecule has 2 heterocycles. The van der Waals surface area contributed by atoms with Crippen molar-refractivity contribution >= 4 is 58.3 Å². The zero-order valence-corrected chi connectivity index (χ0v) is 32.0. The SMILES string of the molecule is NCC1(c2ccc(F)nc2)CCC(F)(F)CC1.O=C(NCC1(c2ccc(F)nc2)CCC(F)(F)CC1)c1cccc(Cl)c1Cl.O=C(O)c1cccc(Cl)c1Cl. The smallest absolute Gasteiger partial charge is 0.337 e. The second-order valence-corrected chi connectivity index (χ2v) is 15.0. The lowest BCUT2D eigenvalue weighted by atomic mass is 9.68. The Bertz CT molecular complexity index is 1940. The summed E-state index contributed by atoms with van der Waals surface area (Å²) in [6, 6.07) is 14.7. The van der Waals surface area contributed by atoms with Crippen molar-refractivity contribution < 1.29 is 41.0 Å². The molecule has 0 unspecified atom stereocenters. The minimum absolute atomic E-state index is 0.0270. The van der Waals surface area contributed by atoms with E-state index in [1.165, 1.54) is 54.9 Å². The molecule has 2 aromatic heterocycles. The molecule has 296 valence electrons. The Morgan fingerprint density at radius 2 is 1.07 bits per heavy atom. The van der Waals surface area contributed by atoms with E-state index in [1.807, 2.05) is 0 Å². The largest absolute Gasteiger partial charge is 0.478 e. The standard InChI is InChI=1S/C19H17Cl2F3N2O.C12H15F3N2.C7H4Cl2O2/c20-14-3-1-2-13(16(14)21)17(27)26-11-18(6-8-19(23,24)9-7-18)12-4-5-15(22)25-10-12;13-10-2-1-9(7-17-10)11(8-16)3-5-12(14,15)6-4-11;8-5-3-1-2-4(6(5)9)7(10)11/h1-5,10H,6-9,11H2,(H,26,27);1-2,7H,3-6,8,16H2;1-3H,(H,10,11). The second-order valence-electron chi connectivity index (χ2n) is 13.4. The summed E-state index contributed by atoms with van der Waals surface area (Å²) >= 11 is 23.1. The number of rotatable bonds is 7. The highest BCUT2D eigenvalue weighted by molar-refractivity contribution is 6.44. The van der Waals surface area contributed by atoms with Gasteiger partial charge in [-0.05, 0) is 73.2 Å². The number of nitrogens with zero attached hydrogens (tertiary/aromatic N) is 2. The monoisotopic (exact) mass is 850 g/mol. The van der Waals surface area contributed by atoms with E-state index in [0.717, 1.165) is 5.56 Å². The molecule has 1 amide bonds. The third-order valence-electron chi connectivity index (χ3n) is 9.91. The van der Waals surface area contributed by atoms with E-state index in [4.69, 9.17) is 57.2 Å². The molecule has 4 N–H and O–H groups in total. The van der Waals surface area contributed by atoms with Crippen LogP contribution in [-0.4, -0.2) is 51.9 Å². The number of alkyl halides is 4. The molecule has 2 aliphatic rings. The highest BCUT2D eigenvalue weighted by atomic mass is 35.5. The molecular formula is C38H36Cl4F6N4O3. The highest BCUT2D eigenvalue weighted by Gasteiger charge is 2.45. The number of benzene rings is 2. The van der Waals surface area contributed by atoms with E-state index in [9.17, 15) is 35.9 Å². The number of nitrogens with two attached hydrogens (primary N) is 1. The summed E-state index contributed by atoms with van der Waals surface area (Å²) in [5.74, 6) is -8.07. The minimum Gasteiger partial charge on any atom is -0.478 e. The van der Waals surface area contributed by atoms with Crippen molar-refractivity contribution in [1.29, 1.82) is 0 Å². The highest BCUT2D eigenvalue weighted by Crippen LogP contribution is 2.46. The van der Waals surface area contributed by atoms with Crippen molar-refractivity contribution in [3.05, 3.63) is 127 Å². The van der Waals surface area contributed by atoms with Gasteiger partial charge >= 0.3 is 5.97 Å². The number of hydrogen-bond donors (Lipinski definition) is 3. The maximum absolute atomic E-state index is 13.7. The van der Waals surface area contributed by atoms with Crippen LogP contribution in [0.2, 0.25) is 20.1 Å². The zero-order chi connectivity index (χ0) is 40.6. The van der Waals surface area contributed by atoms with E-state index < -0.39 is 46.4 Å². The van der Waals surface area contributed by atoms with Crippen LogP contribution in [0.15, 0.2) is 73.1 Å². The van der Waals surface area contributed by atoms with Crippen LogP contribution in [-0.2, 0) is 10.8 Å². The third-order valence-corrected chi connectivity index (χ3v) is 11.6. The van der Waals surface area contributed by atoms with Gasteiger partial charge in [0.05, 0.1) is 31.2 Å². The summed E-state index contributed by atoms with van der Waals surface area (Å²) in [6.45, 7) is 0.397. The first kappa shape index (κ1) is 44.1. The fourth-order valence-corrected chi connectivity index (χ4v) is 7.21. The predicted octanol–water partition coefficient (Wildman–Crippen LogP) is 10.7. The van der Waals surface area contributed by atoms with Gasteiger partial charge in [0.15, 0.2) is 0 Å². The van der Waals surface area contributed by atoms with Crippen molar-refractivity contribution in [2.75, 3.05) is 13.1 Å². The average Bonchev–Trinajstić information content (AvgIpc) is 3.15. The maximum Gasteiger partial charge on any atom is 0.337 e. The minimum atomic E-state index is -2.74. The van der Waals surface area contributed by atoms with E-state index in [0.29, 0.717) is 18.4 Å². The molecule has 0 spiro atoms. The first-order chi connectivity index (χ1) is 25.8. The van der Waals surface area contributed by atoms with Gasteiger partial charge in [-0.15, -0.1) is 0 Å². The molecule has 0 bridgehead atoms. The fourth-order valence-electron chi connectivity index (χ4n) is 6.44. The Hall–Kier alpha value is -3.62. The molecule has 0 atom stereocenters. The Balaban J connectivity index is 0.000000204. The number of nitrogens with one attached hydrogen (secondary N) is 1. The fraction of sp³-hybridized carbons (Fsp3) is 0.368. The lowest BCUT2D eigenvalue weighted by Gasteiger charge is -2.40. The molecular weight excluding hydrogens is 816 g/mol. The van der Waals surface area contributed by atoms with Crippen LogP contribution in [0.5, 0.6) is 0 Å². The van der Waals surface area contributed by atoms with Crippen LogP contribution < -0.4 is 11.1 Å². The first-order valence-electron chi connectivity index (χ1n) is 16.9. The Labute approximate surface area is 333 Å². The molecule has 2 aromatic carbocycles. The summed E-state index contributed by atoms with van der Waals surface area (Å²) in [7, 11) is 0. The quantitative estimate of drug-likeness (QED) is 0.126. The second kappa shape index (κ2) is 18.5. The molecule has 17 heteroatoms. The van der Waals surface area contributed by atoms with Crippen LogP contribution in [0.4, 0.5) is 26.3 Å². The number of aromatic carboxylic acids is 1. The summed E-state index contributed by atoms with van der Waals surface area (Å²) in [4.78, 5) is 30.2. The lowest BCUT2D eigenvalue weighted by Crippen LogP contribution is -2.45. The summed E-state index contributed by atoms with van der Waals surface area (Å²) in [5, 5.41) is 12.0. The first-order valence-corrected chi connectivity index (χ1v) is 18.4. The van der Waals surface area contributed by atoms with Crippen molar-refractivity contribution in [2.45, 2.75) is 74.0 Å². The van der Waals surface area contributed by atoms with Crippen molar-refractivity contribution in [3.63, 3.8) is 0 Å². The lowest BCUT2D eigenvalue weighted by molar-refractivity contribution is -0.0519. The number of amides is 1. The molecule has 2 aliphatic carbocycles. The molecule has 4 aromatic rings. The Morgan fingerprint density at radius 1 is 0.655 bits per heavy atom. The number of carboxylic acids is 1. The Morgan fingerprint density at radius 3 is 1.47 bits per heavy atom. The van der Waals surface area contributed by atoms with Gasteiger partial charge < -0.3 is 16.2 Å². The summed E-state index contributed by atoms with van der Waals surface area (Å²) in [5.41, 5.74) is 6.13. The van der Waals surface area contributed by atoms with Gasteiger partial charge in [0.2, 0.25) is 23.7 Å². The molecule has 0 radical (unpaired) electrons. The average molecular weight is 853 g/mol. The van der Waals surface area contributed by atoms with Crippen LogP contribution in [0.25, 0.3) is 0 Å². The van der Waals surface area contributed by atoms with Crippen LogP contribution in [0, 0.1) is 11.9 Å². The number of carbonyl (C=O) groups is 2. The molecule has 0 aliphatic heterocycles. The van der Waals surface area contributed by atoms with Crippen LogP contribution in [0.1, 0.15) is 83.2 Å². The van der Waals surface area contributed by atoms with Gasteiger partial charge in [-0.1, -0.05) is 70.7 Å². The van der Waals surface area contributed by atoms with Gasteiger partial charge in [0.25, 0.3) is 5.91 Å². The van der Waals surface area contributed by atoms with E-state index in [1.54, 1.807) is 18.2 Å². The van der Waals surface area contributed by atoms with Crippen LogP contribution in [0.3, 0.4) is 0 Å². The molecule has 2 saturated carbocycles. The number of carbonyl (C=O) groups excluding carboxylic acids is 1.